The van der Waals surface area contributed by atoms with E-state index >= 15 is 0 Å². The van der Waals surface area contributed by atoms with E-state index in [1.54, 1.807) is 30.3 Å². The lowest BCUT2D eigenvalue weighted by atomic mass is 10.1. The van der Waals surface area contributed by atoms with Gasteiger partial charge in [-0.05, 0) is 35.9 Å². The molecule has 2 aromatic carbocycles. The number of amides is 1. The highest BCUT2D eigenvalue weighted by atomic mass is 35.5. The number of hydrogen-bond donors (Lipinski definition) is 2. The Bertz CT molecular complexity index is 840. The van der Waals surface area contributed by atoms with E-state index in [0.717, 1.165) is 5.69 Å². The molecular formula is C19H19ClN2O5. The van der Waals surface area contributed by atoms with Gasteiger partial charge in [0.25, 0.3) is 0 Å². The first-order valence-corrected chi connectivity index (χ1v) is 8.69. The molecule has 142 valence electrons. The van der Waals surface area contributed by atoms with Gasteiger partial charge in [-0.2, -0.15) is 0 Å². The zero-order valence-corrected chi connectivity index (χ0v) is 15.4. The van der Waals surface area contributed by atoms with Gasteiger partial charge >= 0.3 is 5.97 Å². The number of benzene rings is 2. The lowest BCUT2D eigenvalue weighted by molar-refractivity contribution is -0.145. The van der Waals surface area contributed by atoms with Crippen molar-refractivity contribution in [1.82, 2.24) is 5.32 Å². The van der Waals surface area contributed by atoms with Crippen molar-refractivity contribution < 1.29 is 24.2 Å². The van der Waals surface area contributed by atoms with Crippen molar-refractivity contribution in [3.05, 3.63) is 53.1 Å². The average Bonchev–Trinajstić information content (AvgIpc) is 2.67. The summed E-state index contributed by atoms with van der Waals surface area (Å²) in [5.41, 5.74) is 1.24. The summed E-state index contributed by atoms with van der Waals surface area (Å²) in [6, 6.07) is 10.2. The Kier molecular flexibility index (Phi) is 5.71. The van der Waals surface area contributed by atoms with Crippen molar-refractivity contribution >= 4 is 29.2 Å². The highest BCUT2D eigenvalue weighted by molar-refractivity contribution is 6.31. The number of nitrogens with one attached hydrogen (secondary N) is 1. The van der Waals surface area contributed by atoms with E-state index in [-0.39, 0.29) is 18.2 Å². The second-order valence-electron chi connectivity index (χ2n) is 6.00. The summed E-state index contributed by atoms with van der Waals surface area (Å²) in [6.45, 7) is 0.992. The van der Waals surface area contributed by atoms with Gasteiger partial charge in [-0.15, -0.1) is 0 Å². The number of hydrogen-bond acceptors (Lipinski definition) is 6. The molecule has 2 aromatic rings. The van der Waals surface area contributed by atoms with Gasteiger partial charge in [0.2, 0.25) is 5.91 Å². The number of carbonyl (C=O) groups excluding carboxylic acids is 2. The van der Waals surface area contributed by atoms with Crippen molar-refractivity contribution in [1.29, 1.82) is 0 Å². The molecule has 0 radical (unpaired) electrons. The molecule has 1 heterocycles. The first-order valence-electron chi connectivity index (χ1n) is 8.31. The Morgan fingerprint density at radius 1 is 1.30 bits per heavy atom. The molecular weight excluding hydrogens is 372 g/mol. The molecule has 0 spiro atoms. The monoisotopic (exact) mass is 390 g/mol. The van der Waals surface area contributed by atoms with Gasteiger partial charge in [-0.3, -0.25) is 4.79 Å². The number of fused-ring (bicyclic) bond motifs is 1. The van der Waals surface area contributed by atoms with Gasteiger partial charge in [0.15, 0.2) is 6.04 Å². The highest BCUT2D eigenvalue weighted by Crippen LogP contribution is 2.33. The normalized spacial score (nSPS) is 13.9. The molecule has 2 N–H and O–H groups in total. The zero-order chi connectivity index (χ0) is 19.4. The number of phenols is 1. The van der Waals surface area contributed by atoms with Crippen molar-refractivity contribution in [2.24, 2.45) is 0 Å². The number of rotatable bonds is 5. The molecule has 27 heavy (non-hydrogen) atoms. The van der Waals surface area contributed by atoms with E-state index in [1.165, 1.54) is 19.2 Å². The molecule has 1 unspecified atom stereocenters. The molecule has 0 bridgehead atoms. The fourth-order valence-electron chi connectivity index (χ4n) is 2.85. The van der Waals surface area contributed by atoms with Gasteiger partial charge in [-0.25, -0.2) is 4.79 Å². The van der Waals surface area contributed by atoms with Crippen LogP contribution in [0.1, 0.15) is 11.6 Å². The second kappa shape index (κ2) is 8.18. The van der Waals surface area contributed by atoms with E-state index < -0.39 is 12.0 Å². The Hall–Kier alpha value is -2.93. The van der Waals surface area contributed by atoms with Crippen molar-refractivity contribution in [3.8, 4) is 11.5 Å². The van der Waals surface area contributed by atoms with Crippen LogP contribution in [0.15, 0.2) is 42.5 Å². The van der Waals surface area contributed by atoms with E-state index in [4.69, 9.17) is 21.1 Å². The second-order valence-corrected chi connectivity index (χ2v) is 6.43. The van der Waals surface area contributed by atoms with Crippen LogP contribution in [-0.4, -0.2) is 43.8 Å². The summed E-state index contributed by atoms with van der Waals surface area (Å²) < 4.78 is 10.4. The molecule has 1 aliphatic heterocycles. The number of carbonyl (C=O) groups is 2. The molecule has 1 amide bonds. The topological polar surface area (TPSA) is 88.1 Å². The minimum absolute atomic E-state index is 0.0300. The van der Waals surface area contributed by atoms with Gasteiger partial charge in [0, 0.05) is 5.02 Å². The van der Waals surface area contributed by atoms with Crippen LogP contribution in [0.2, 0.25) is 5.02 Å². The van der Waals surface area contributed by atoms with Gasteiger partial charge < -0.3 is 24.8 Å². The molecule has 0 saturated heterocycles. The molecule has 8 heteroatoms. The minimum Gasteiger partial charge on any atom is -0.508 e. The summed E-state index contributed by atoms with van der Waals surface area (Å²) in [7, 11) is 1.25. The van der Waals surface area contributed by atoms with Gasteiger partial charge in [-0.1, -0.05) is 23.7 Å². The predicted molar refractivity (Wildman–Crippen MR) is 100 cm³/mol. The number of ether oxygens (including phenoxy) is 2. The number of aromatic hydroxyl groups is 1. The third-order valence-corrected chi connectivity index (χ3v) is 4.42. The first-order chi connectivity index (χ1) is 13.0. The number of phenolic OH excluding ortho intramolecular Hbond substituents is 1. The van der Waals surface area contributed by atoms with Crippen molar-refractivity contribution in [3.63, 3.8) is 0 Å². The van der Waals surface area contributed by atoms with Crippen LogP contribution in [0.3, 0.4) is 0 Å². The Labute approximate surface area is 161 Å². The van der Waals surface area contributed by atoms with Crippen LogP contribution >= 0.6 is 11.6 Å². The van der Waals surface area contributed by atoms with Crippen LogP contribution in [0, 0.1) is 0 Å². The number of nitrogens with zero attached hydrogens (tertiary/aromatic N) is 1. The number of anilines is 1. The number of halogens is 1. The van der Waals surface area contributed by atoms with E-state index in [1.807, 2.05) is 4.90 Å². The van der Waals surface area contributed by atoms with E-state index in [2.05, 4.69) is 5.32 Å². The molecule has 0 fully saturated rings. The van der Waals surface area contributed by atoms with E-state index in [9.17, 15) is 14.7 Å². The summed E-state index contributed by atoms with van der Waals surface area (Å²) in [5.74, 6) is -0.234. The maximum atomic E-state index is 12.6. The van der Waals surface area contributed by atoms with Crippen LogP contribution in [0.4, 0.5) is 5.69 Å². The third-order valence-electron chi connectivity index (χ3n) is 4.18. The number of methoxy groups -OCH3 is 1. The van der Waals surface area contributed by atoms with Gasteiger partial charge in [0.05, 0.1) is 25.9 Å². The molecule has 1 aliphatic rings. The molecule has 0 aliphatic carbocycles. The molecule has 1 atom stereocenters. The average molecular weight is 391 g/mol. The zero-order valence-electron chi connectivity index (χ0n) is 14.6. The lowest BCUT2D eigenvalue weighted by Gasteiger charge is -2.31. The van der Waals surface area contributed by atoms with Crippen molar-refractivity contribution in [2.45, 2.75) is 6.04 Å². The fraction of sp³-hybridized carbons (Fsp3) is 0.263. The molecule has 3 rings (SSSR count). The Morgan fingerprint density at radius 2 is 2.04 bits per heavy atom. The molecule has 7 nitrogen and oxygen atoms in total. The minimum atomic E-state index is -0.969. The van der Waals surface area contributed by atoms with E-state index in [0.29, 0.717) is 29.5 Å². The van der Waals surface area contributed by atoms with Crippen LogP contribution in [0.25, 0.3) is 0 Å². The number of esters is 1. The summed E-state index contributed by atoms with van der Waals surface area (Å²) in [4.78, 5) is 26.5. The quantitative estimate of drug-likeness (QED) is 0.761. The maximum Gasteiger partial charge on any atom is 0.333 e. The first kappa shape index (κ1) is 18.8. The van der Waals surface area contributed by atoms with Crippen molar-refractivity contribution in [2.75, 3.05) is 31.7 Å². The summed E-state index contributed by atoms with van der Waals surface area (Å²) >= 11 is 6.05. The molecule has 0 aromatic heterocycles. The highest BCUT2D eigenvalue weighted by Gasteiger charge is 2.26. The Morgan fingerprint density at radius 3 is 2.74 bits per heavy atom. The predicted octanol–water partition coefficient (Wildman–Crippen LogP) is 2.27. The SMILES string of the molecule is COC(=O)C(NC(=O)CN1CCOc2ccc(Cl)cc21)c1ccc(O)cc1. The Balaban J connectivity index is 1.75. The van der Waals surface area contributed by atoms with Crippen LogP contribution < -0.4 is 15.0 Å². The van der Waals surface area contributed by atoms with Crippen LogP contribution in [0.5, 0.6) is 11.5 Å². The summed E-state index contributed by atoms with van der Waals surface area (Å²) in [5, 5.41) is 12.6. The standard InChI is InChI=1S/C19H19ClN2O5/c1-26-19(25)18(12-2-5-14(23)6-3-12)21-17(24)11-22-8-9-27-16-7-4-13(20)10-15(16)22/h2-7,10,18,23H,8-9,11H2,1H3,(H,21,24). The largest absolute Gasteiger partial charge is 0.508 e. The third kappa shape index (κ3) is 4.43. The lowest BCUT2D eigenvalue weighted by Crippen LogP contribution is -2.44. The molecule has 0 saturated carbocycles. The summed E-state index contributed by atoms with van der Waals surface area (Å²) in [6.07, 6.45) is 0. The maximum absolute atomic E-state index is 12.6. The smallest absolute Gasteiger partial charge is 0.333 e. The van der Waals surface area contributed by atoms with Gasteiger partial charge in [0.1, 0.15) is 18.1 Å². The van der Waals surface area contributed by atoms with Crippen LogP contribution in [-0.2, 0) is 14.3 Å². The fourth-order valence-corrected chi connectivity index (χ4v) is 3.02.